The van der Waals surface area contributed by atoms with E-state index in [2.05, 4.69) is 4.98 Å². The third-order valence-corrected chi connectivity index (χ3v) is 3.18. The minimum absolute atomic E-state index is 0.0488. The topological polar surface area (TPSA) is 32.9 Å². The van der Waals surface area contributed by atoms with Crippen molar-refractivity contribution in [2.24, 2.45) is 0 Å². The van der Waals surface area contributed by atoms with Crippen LogP contribution >= 0.6 is 0 Å². The van der Waals surface area contributed by atoms with Gasteiger partial charge in [0.2, 0.25) is 0 Å². The Bertz CT molecular complexity index is 849. The van der Waals surface area contributed by atoms with Gasteiger partial charge in [0, 0.05) is 11.5 Å². The summed E-state index contributed by atoms with van der Waals surface area (Å²) in [6.07, 6.45) is 0.279. The molecule has 0 bridgehead atoms. The zero-order valence-corrected chi connectivity index (χ0v) is 10.4. The molecule has 3 aromatic rings. The number of carbonyl (C=O) groups is 1. The molecule has 0 unspecified atom stereocenters. The van der Waals surface area contributed by atoms with Crippen LogP contribution < -0.4 is 0 Å². The van der Waals surface area contributed by atoms with Crippen LogP contribution in [0, 0.1) is 23.3 Å². The predicted molar refractivity (Wildman–Crippen MR) is 69.0 cm³/mol. The number of benzene rings is 2. The molecule has 21 heavy (non-hydrogen) atoms. The van der Waals surface area contributed by atoms with E-state index in [0.717, 1.165) is 24.3 Å². The lowest BCUT2D eigenvalue weighted by molar-refractivity contribution is 0.112. The highest BCUT2D eigenvalue weighted by atomic mass is 19.1. The van der Waals surface area contributed by atoms with Gasteiger partial charge in [-0.15, -0.1) is 0 Å². The molecule has 3 rings (SSSR count). The van der Waals surface area contributed by atoms with Crippen LogP contribution in [-0.2, 0) is 0 Å². The first kappa shape index (κ1) is 13.4. The maximum atomic E-state index is 13.8. The summed E-state index contributed by atoms with van der Waals surface area (Å²) in [5, 5.41) is -0.205. The average Bonchev–Trinajstić information content (AvgIpc) is 2.76. The van der Waals surface area contributed by atoms with Crippen LogP contribution in [0.5, 0.6) is 0 Å². The Morgan fingerprint density at radius 2 is 1.62 bits per heavy atom. The molecule has 0 atom stereocenters. The van der Waals surface area contributed by atoms with Crippen LogP contribution in [-0.4, -0.2) is 11.3 Å². The Labute approximate surface area is 116 Å². The van der Waals surface area contributed by atoms with E-state index in [1.54, 1.807) is 0 Å². The number of halogens is 4. The molecule has 1 aromatic heterocycles. The number of H-pyrrole nitrogens is 1. The number of aromatic amines is 1. The highest BCUT2D eigenvalue weighted by molar-refractivity contribution is 6.04. The van der Waals surface area contributed by atoms with Crippen LogP contribution in [0.2, 0.25) is 0 Å². The van der Waals surface area contributed by atoms with Crippen LogP contribution in [0.1, 0.15) is 10.4 Å². The lowest BCUT2D eigenvalue weighted by Gasteiger charge is -2.03. The van der Waals surface area contributed by atoms with Gasteiger partial charge in [0.1, 0.15) is 23.3 Å². The predicted octanol–water partition coefficient (Wildman–Crippen LogP) is 4.20. The molecule has 0 radical (unpaired) electrons. The standard InChI is InChI=1S/C15H7F4NO/c16-7-4-11(19)13-8(6-21)15(20-12(13)5-7)14-9(17)2-1-3-10(14)18/h1-6,20H. The van der Waals surface area contributed by atoms with Crippen molar-refractivity contribution in [3.63, 3.8) is 0 Å². The number of fused-ring (bicyclic) bond motifs is 1. The van der Waals surface area contributed by atoms with E-state index in [-0.39, 0.29) is 28.4 Å². The first-order chi connectivity index (χ1) is 10.0. The summed E-state index contributed by atoms with van der Waals surface area (Å²) in [6.45, 7) is 0. The van der Waals surface area contributed by atoms with Crippen LogP contribution in [0.4, 0.5) is 17.6 Å². The molecule has 6 heteroatoms. The number of aldehydes is 1. The largest absolute Gasteiger partial charge is 0.354 e. The molecule has 0 aliphatic heterocycles. The Hall–Kier alpha value is -2.63. The van der Waals surface area contributed by atoms with Crippen molar-refractivity contribution in [3.05, 3.63) is 59.2 Å². The van der Waals surface area contributed by atoms with Gasteiger partial charge in [0.05, 0.1) is 22.3 Å². The van der Waals surface area contributed by atoms with Crippen molar-refractivity contribution in [2.45, 2.75) is 0 Å². The van der Waals surface area contributed by atoms with Gasteiger partial charge >= 0.3 is 0 Å². The highest BCUT2D eigenvalue weighted by Gasteiger charge is 2.21. The maximum absolute atomic E-state index is 13.8. The minimum atomic E-state index is -0.980. The van der Waals surface area contributed by atoms with Gasteiger partial charge in [0.15, 0.2) is 6.29 Å². The summed E-state index contributed by atoms with van der Waals surface area (Å²) in [5.41, 5.74) is -1.02. The van der Waals surface area contributed by atoms with Crippen LogP contribution in [0.15, 0.2) is 30.3 Å². The number of hydrogen-bond donors (Lipinski definition) is 1. The molecule has 0 amide bonds. The smallest absolute Gasteiger partial charge is 0.152 e. The van der Waals surface area contributed by atoms with Crippen molar-refractivity contribution in [1.82, 2.24) is 4.98 Å². The fourth-order valence-corrected chi connectivity index (χ4v) is 2.32. The van der Waals surface area contributed by atoms with Gasteiger partial charge in [-0.3, -0.25) is 4.79 Å². The van der Waals surface area contributed by atoms with Crippen molar-refractivity contribution < 1.29 is 22.4 Å². The second-order valence-corrected chi connectivity index (χ2v) is 4.44. The summed E-state index contributed by atoms with van der Waals surface area (Å²) in [4.78, 5) is 13.7. The first-order valence-corrected chi connectivity index (χ1v) is 5.93. The summed E-state index contributed by atoms with van der Waals surface area (Å²) in [5.74, 6) is -3.67. The van der Waals surface area contributed by atoms with Crippen LogP contribution in [0.3, 0.4) is 0 Å². The molecule has 0 saturated heterocycles. The van der Waals surface area contributed by atoms with Crippen molar-refractivity contribution >= 4 is 17.2 Å². The quantitative estimate of drug-likeness (QED) is 0.557. The van der Waals surface area contributed by atoms with E-state index in [4.69, 9.17) is 0 Å². The van der Waals surface area contributed by atoms with E-state index < -0.39 is 28.8 Å². The van der Waals surface area contributed by atoms with Crippen molar-refractivity contribution in [1.29, 1.82) is 0 Å². The lowest BCUT2D eigenvalue weighted by Crippen LogP contribution is -1.93. The third-order valence-electron chi connectivity index (χ3n) is 3.18. The van der Waals surface area contributed by atoms with Gasteiger partial charge in [-0.2, -0.15) is 0 Å². The maximum Gasteiger partial charge on any atom is 0.152 e. The average molecular weight is 293 g/mol. The first-order valence-electron chi connectivity index (χ1n) is 5.93. The molecule has 106 valence electrons. The Kier molecular flexibility index (Phi) is 3.01. The molecular formula is C15H7F4NO. The number of aromatic nitrogens is 1. The molecule has 2 nitrogen and oxygen atoms in total. The fourth-order valence-electron chi connectivity index (χ4n) is 2.32. The highest BCUT2D eigenvalue weighted by Crippen LogP contribution is 2.34. The van der Waals surface area contributed by atoms with E-state index in [1.807, 2.05) is 0 Å². The minimum Gasteiger partial charge on any atom is -0.354 e. The van der Waals surface area contributed by atoms with E-state index >= 15 is 0 Å². The van der Waals surface area contributed by atoms with Gasteiger partial charge < -0.3 is 4.98 Å². The molecule has 1 heterocycles. The molecule has 0 spiro atoms. The SMILES string of the molecule is O=Cc1c(-c2c(F)cccc2F)[nH]c2cc(F)cc(F)c12. The molecule has 1 N–H and O–H groups in total. The monoisotopic (exact) mass is 293 g/mol. The number of hydrogen-bond acceptors (Lipinski definition) is 1. The second kappa shape index (κ2) is 4.73. The summed E-state index contributed by atoms with van der Waals surface area (Å²) in [7, 11) is 0. The normalized spacial score (nSPS) is 11.0. The Balaban J connectivity index is 2.44. The molecule has 0 aliphatic rings. The van der Waals surface area contributed by atoms with E-state index in [0.29, 0.717) is 6.07 Å². The number of rotatable bonds is 2. The van der Waals surface area contributed by atoms with Gasteiger partial charge in [-0.25, -0.2) is 17.6 Å². The molecule has 2 aromatic carbocycles. The zero-order chi connectivity index (χ0) is 15.1. The van der Waals surface area contributed by atoms with Gasteiger partial charge in [-0.1, -0.05) is 6.07 Å². The number of nitrogens with one attached hydrogen (secondary N) is 1. The summed E-state index contributed by atoms with van der Waals surface area (Å²) < 4.78 is 54.7. The Morgan fingerprint density at radius 1 is 0.952 bits per heavy atom. The molecule has 0 saturated carbocycles. The number of carbonyl (C=O) groups excluding carboxylic acids is 1. The molecule has 0 fully saturated rings. The van der Waals surface area contributed by atoms with Crippen molar-refractivity contribution in [2.75, 3.05) is 0 Å². The lowest BCUT2D eigenvalue weighted by atomic mass is 10.0. The second-order valence-electron chi connectivity index (χ2n) is 4.44. The summed E-state index contributed by atoms with van der Waals surface area (Å²) >= 11 is 0. The van der Waals surface area contributed by atoms with E-state index in [9.17, 15) is 22.4 Å². The summed E-state index contributed by atoms with van der Waals surface area (Å²) in [6, 6.07) is 4.74. The van der Waals surface area contributed by atoms with Gasteiger partial charge in [-0.05, 0) is 18.2 Å². The third kappa shape index (κ3) is 1.99. The fraction of sp³-hybridized carbons (Fsp3) is 0. The van der Waals surface area contributed by atoms with Crippen molar-refractivity contribution in [3.8, 4) is 11.3 Å². The molecule has 0 aliphatic carbocycles. The van der Waals surface area contributed by atoms with E-state index in [1.165, 1.54) is 0 Å². The Morgan fingerprint density at radius 3 is 2.24 bits per heavy atom. The van der Waals surface area contributed by atoms with Crippen LogP contribution in [0.25, 0.3) is 22.2 Å². The zero-order valence-electron chi connectivity index (χ0n) is 10.4. The van der Waals surface area contributed by atoms with Gasteiger partial charge in [0.25, 0.3) is 0 Å². The molecular weight excluding hydrogens is 286 g/mol.